The summed E-state index contributed by atoms with van der Waals surface area (Å²) in [5.41, 5.74) is 0.171. The van der Waals surface area contributed by atoms with Crippen LogP contribution in [0.2, 0.25) is 0 Å². The Hall–Kier alpha value is -0.520. The minimum absolute atomic E-state index is 0.171. The van der Waals surface area contributed by atoms with Gasteiger partial charge in [-0.05, 0) is 34.7 Å². The van der Waals surface area contributed by atoms with E-state index in [2.05, 4.69) is 0 Å². The second kappa shape index (κ2) is 3.25. The van der Waals surface area contributed by atoms with Crippen molar-refractivity contribution in [3.05, 3.63) is 32.9 Å². The summed E-state index contributed by atoms with van der Waals surface area (Å²) in [6.07, 6.45) is 0.490. The highest BCUT2D eigenvalue weighted by Crippen LogP contribution is 2.14. The fraction of sp³-hybridized carbons (Fsp3) is 0. The predicted octanol–water partition coefficient (Wildman–Crippen LogP) is 2.38. The average molecular weight is 268 g/mol. The molecule has 1 aromatic carbocycles. The summed E-state index contributed by atoms with van der Waals surface area (Å²) in [6.45, 7) is 0. The zero-order valence-corrected chi connectivity index (χ0v) is 7.43. The molecule has 0 bridgehead atoms. The molecule has 0 radical (unpaired) electrons. The van der Waals surface area contributed by atoms with E-state index in [9.17, 15) is 13.6 Å². The molecular formula is C7H3F2IO. The first-order chi connectivity index (χ1) is 5.15. The third kappa shape index (κ3) is 1.74. The summed E-state index contributed by atoms with van der Waals surface area (Å²) in [6, 6.07) is 1.86. The van der Waals surface area contributed by atoms with E-state index in [0.29, 0.717) is 9.86 Å². The average Bonchev–Trinajstić information content (AvgIpc) is 1.97. The van der Waals surface area contributed by atoms with Crippen LogP contribution in [0.5, 0.6) is 0 Å². The SMILES string of the molecule is O=Cc1cc(F)c(F)cc1I. The van der Waals surface area contributed by atoms with E-state index in [0.717, 1.165) is 12.1 Å². The molecule has 0 aliphatic carbocycles. The number of aldehydes is 1. The van der Waals surface area contributed by atoms with Crippen molar-refractivity contribution in [3.63, 3.8) is 0 Å². The van der Waals surface area contributed by atoms with E-state index < -0.39 is 11.6 Å². The minimum atomic E-state index is -0.993. The number of hydrogen-bond donors (Lipinski definition) is 0. The van der Waals surface area contributed by atoms with Gasteiger partial charge in [0.25, 0.3) is 0 Å². The van der Waals surface area contributed by atoms with Crippen molar-refractivity contribution in [3.8, 4) is 0 Å². The molecule has 1 nitrogen and oxygen atoms in total. The maximum Gasteiger partial charge on any atom is 0.159 e. The molecule has 0 heterocycles. The highest BCUT2D eigenvalue weighted by Gasteiger charge is 2.06. The van der Waals surface area contributed by atoms with Crippen LogP contribution in [0.4, 0.5) is 8.78 Å². The summed E-state index contributed by atoms with van der Waals surface area (Å²) < 4.78 is 25.2. The third-order valence-corrected chi connectivity index (χ3v) is 2.10. The van der Waals surface area contributed by atoms with E-state index in [-0.39, 0.29) is 5.56 Å². The second-order valence-corrected chi connectivity index (χ2v) is 3.07. The topological polar surface area (TPSA) is 17.1 Å². The Kier molecular flexibility index (Phi) is 2.53. The molecule has 0 atom stereocenters. The molecule has 0 N–H and O–H groups in total. The summed E-state index contributed by atoms with van der Waals surface area (Å²) in [5, 5.41) is 0. The van der Waals surface area contributed by atoms with Gasteiger partial charge in [-0.2, -0.15) is 0 Å². The van der Waals surface area contributed by atoms with Crippen LogP contribution in [-0.2, 0) is 0 Å². The van der Waals surface area contributed by atoms with Crippen LogP contribution in [0, 0.1) is 15.2 Å². The lowest BCUT2D eigenvalue weighted by molar-refractivity contribution is 0.112. The highest BCUT2D eigenvalue weighted by atomic mass is 127. The first-order valence-electron chi connectivity index (χ1n) is 2.75. The van der Waals surface area contributed by atoms with Gasteiger partial charge in [0.05, 0.1) is 0 Å². The maximum absolute atomic E-state index is 12.4. The molecule has 0 aliphatic heterocycles. The van der Waals surface area contributed by atoms with Crippen molar-refractivity contribution in [1.82, 2.24) is 0 Å². The number of carbonyl (C=O) groups is 1. The van der Waals surface area contributed by atoms with Gasteiger partial charge in [-0.25, -0.2) is 8.78 Å². The van der Waals surface area contributed by atoms with Gasteiger partial charge >= 0.3 is 0 Å². The van der Waals surface area contributed by atoms with Crippen LogP contribution in [0.25, 0.3) is 0 Å². The van der Waals surface area contributed by atoms with Crippen molar-refractivity contribution < 1.29 is 13.6 Å². The number of carbonyl (C=O) groups excluding carboxylic acids is 1. The Morgan fingerprint density at radius 2 is 1.82 bits per heavy atom. The van der Waals surface area contributed by atoms with Gasteiger partial charge in [0, 0.05) is 9.13 Å². The second-order valence-electron chi connectivity index (χ2n) is 1.91. The first kappa shape index (κ1) is 8.58. The fourth-order valence-electron chi connectivity index (χ4n) is 0.628. The van der Waals surface area contributed by atoms with Crippen molar-refractivity contribution in [2.24, 2.45) is 0 Å². The Morgan fingerprint density at radius 1 is 1.27 bits per heavy atom. The molecule has 0 saturated carbocycles. The lowest BCUT2D eigenvalue weighted by Crippen LogP contribution is -1.91. The predicted molar refractivity (Wildman–Crippen MR) is 44.5 cm³/mol. The number of halogens is 3. The van der Waals surface area contributed by atoms with Crippen LogP contribution >= 0.6 is 22.6 Å². The summed E-state index contributed by atoms with van der Waals surface area (Å²) in [4.78, 5) is 10.2. The Balaban J connectivity index is 3.31. The standard InChI is InChI=1S/C7H3F2IO/c8-5-1-4(3-11)7(10)2-6(5)9/h1-3H. The molecule has 0 aliphatic rings. The largest absolute Gasteiger partial charge is 0.298 e. The van der Waals surface area contributed by atoms with Gasteiger partial charge in [-0.3, -0.25) is 4.79 Å². The highest BCUT2D eigenvalue weighted by molar-refractivity contribution is 14.1. The molecule has 1 rings (SSSR count). The molecular weight excluding hydrogens is 265 g/mol. The van der Waals surface area contributed by atoms with E-state index >= 15 is 0 Å². The molecule has 0 spiro atoms. The van der Waals surface area contributed by atoms with Crippen molar-refractivity contribution >= 4 is 28.9 Å². The van der Waals surface area contributed by atoms with Gasteiger partial charge < -0.3 is 0 Å². The van der Waals surface area contributed by atoms with E-state index in [1.165, 1.54) is 0 Å². The third-order valence-electron chi connectivity index (χ3n) is 1.17. The normalized spacial score (nSPS) is 9.73. The molecule has 58 valence electrons. The summed E-state index contributed by atoms with van der Waals surface area (Å²) >= 11 is 1.76. The van der Waals surface area contributed by atoms with Crippen LogP contribution in [-0.4, -0.2) is 6.29 Å². The monoisotopic (exact) mass is 268 g/mol. The van der Waals surface area contributed by atoms with Gasteiger partial charge in [0.15, 0.2) is 17.9 Å². The van der Waals surface area contributed by atoms with Crippen LogP contribution < -0.4 is 0 Å². The Labute approximate surface area is 75.6 Å². The fourth-order valence-corrected chi connectivity index (χ4v) is 1.18. The molecule has 0 aromatic heterocycles. The molecule has 11 heavy (non-hydrogen) atoms. The van der Waals surface area contributed by atoms with Crippen molar-refractivity contribution in [2.75, 3.05) is 0 Å². The first-order valence-corrected chi connectivity index (χ1v) is 3.82. The number of hydrogen-bond acceptors (Lipinski definition) is 1. The van der Waals surface area contributed by atoms with E-state index in [1.807, 2.05) is 0 Å². The summed E-state index contributed by atoms with van der Waals surface area (Å²) in [5.74, 6) is -1.92. The Morgan fingerprint density at radius 3 is 2.36 bits per heavy atom. The van der Waals surface area contributed by atoms with Gasteiger partial charge in [0.2, 0.25) is 0 Å². The summed E-state index contributed by atoms with van der Waals surface area (Å²) in [7, 11) is 0. The van der Waals surface area contributed by atoms with Gasteiger partial charge in [-0.15, -0.1) is 0 Å². The lowest BCUT2D eigenvalue weighted by atomic mass is 10.2. The van der Waals surface area contributed by atoms with Gasteiger partial charge in [-0.1, -0.05) is 0 Å². The molecule has 1 aromatic rings. The van der Waals surface area contributed by atoms with Crippen LogP contribution in [0.1, 0.15) is 10.4 Å². The molecule has 4 heteroatoms. The quantitative estimate of drug-likeness (QED) is 0.434. The minimum Gasteiger partial charge on any atom is -0.298 e. The smallest absolute Gasteiger partial charge is 0.159 e. The molecule has 0 fully saturated rings. The van der Waals surface area contributed by atoms with Crippen molar-refractivity contribution in [1.29, 1.82) is 0 Å². The zero-order valence-electron chi connectivity index (χ0n) is 5.27. The van der Waals surface area contributed by atoms with E-state index in [1.54, 1.807) is 22.6 Å². The Bertz CT molecular complexity index is 299. The lowest BCUT2D eigenvalue weighted by Gasteiger charge is -1.96. The maximum atomic E-state index is 12.4. The zero-order chi connectivity index (χ0) is 8.43. The molecule has 0 saturated heterocycles. The van der Waals surface area contributed by atoms with Crippen LogP contribution in [0.3, 0.4) is 0 Å². The van der Waals surface area contributed by atoms with Crippen molar-refractivity contribution in [2.45, 2.75) is 0 Å². The number of rotatable bonds is 1. The molecule has 0 amide bonds. The molecule has 0 unspecified atom stereocenters. The number of benzene rings is 1. The van der Waals surface area contributed by atoms with Crippen LogP contribution in [0.15, 0.2) is 12.1 Å². The van der Waals surface area contributed by atoms with Gasteiger partial charge in [0.1, 0.15) is 0 Å². The van der Waals surface area contributed by atoms with E-state index in [4.69, 9.17) is 0 Å².